The van der Waals surface area contributed by atoms with Gasteiger partial charge in [0.05, 0.1) is 11.3 Å². The first-order chi connectivity index (χ1) is 10.8. The second kappa shape index (κ2) is 6.29. The Morgan fingerprint density at radius 1 is 1.23 bits per heavy atom. The normalized spacial score (nSPS) is 10.2. The lowest BCUT2D eigenvalue weighted by Gasteiger charge is -2.09. The SMILES string of the molecule is N#Cc1cc(Cl)ccc1NCc1ccnc(-n2cccn2)c1. The minimum absolute atomic E-state index is 0.522. The predicted octanol–water partition coefficient (Wildman–Crippen LogP) is 3.40. The molecule has 1 N–H and O–H groups in total. The average molecular weight is 310 g/mol. The number of hydrogen-bond acceptors (Lipinski definition) is 4. The van der Waals surface area contributed by atoms with Gasteiger partial charge in [0.25, 0.3) is 0 Å². The molecule has 3 aromatic rings. The second-order valence-corrected chi connectivity index (χ2v) is 5.06. The Kier molecular flexibility index (Phi) is 4.03. The fourth-order valence-corrected chi connectivity index (χ4v) is 2.23. The van der Waals surface area contributed by atoms with Crippen molar-refractivity contribution >= 4 is 17.3 Å². The summed E-state index contributed by atoms with van der Waals surface area (Å²) in [7, 11) is 0. The van der Waals surface area contributed by atoms with E-state index in [-0.39, 0.29) is 0 Å². The molecule has 3 rings (SSSR count). The maximum atomic E-state index is 9.14. The summed E-state index contributed by atoms with van der Waals surface area (Å²) in [6, 6.07) is 13.0. The van der Waals surface area contributed by atoms with E-state index in [1.165, 1.54) is 0 Å². The number of nitriles is 1. The molecule has 0 fully saturated rings. The van der Waals surface area contributed by atoms with Crippen LogP contribution in [-0.2, 0) is 6.54 Å². The van der Waals surface area contributed by atoms with E-state index >= 15 is 0 Å². The number of anilines is 1. The van der Waals surface area contributed by atoms with Crippen LogP contribution >= 0.6 is 11.6 Å². The van der Waals surface area contributed by atoms with Gasteiger partial charge in [0.1, 0.15) is 6.07 Å². The van der Waals surface area contributed by atoms with Crippen LogP contribution in [0.1, 0.15) is 11.1 Å². The molecule has 0 amide bonds. The first-order valence-electron chi connectivity index (χ1n) is 6.65. The maximum absolute atomic E-state index is 9.14. The number of pyridine rings is 1. The highest BCUT2D eigenvalue weighted by Gasteiger charge is 2.04. The molecular formula is C16H12ClN5. The standard InChI is InChI=1S/C16H12ClN5/c17-14-2-3-15(13(9-14)10-18)20-11-12-4-6-19-16(8-12)22-7-1-5-21-22/h1-9,20H,11H2. The average Bonchev–Trinajstić information content (AvgIpc) is 3.08. The first kappa shape index (κ1) is 14.1. The number of rotatable bonds is 4. The van der Waals surface area contributed by atoms with Crippen LogP contribution in [0.2, 0.25) is 5.02 Å². The van der Waals surface area contributed by atoms with Crippen LogP contribution < -0.4 is 5.32 Å². The summed E-state index contributed by atoms with van der Waals surface area (Å²) in [5.74, 6) is 0.751. The highest BCUT2D eigenvalue weighted by molar-refractivity contribution is 6.30. The topological polar surface area (TPSA) is 66.5 Å². The molecule has 2 heterocycles. The number of aromatic nitrogens is 3. The van der Waals surface area contributed by atoms with E-state index < -0.39 is 0 Å². The second-order valence-electron chi connectivity index (χ2n) is 4.63. The van der Waals surface area contributed by atoms with Crippen molar-refractivity contribution < 1.29 is 0 Å². The summed E-state index contributed by atoms with van der Waals surface area (Å²) in [5.41, 5.74) is 2.32. The van der Waals surface area contributed by atoms with E-state index in [4.69, 9.17) is 16.9 Å². The smallest absolute Gasteiger partial charge is 0.153 e. The number of hydrogen-bond donors (Lipinski definition) is 1. The van der Waals surface area contributed by atoms with Gasteiger partial charge in [0.15, 0.2) is 5.82 Å². The summed E-state index contributed by atoms with van der Waals surface area (Å²) in [6.45, 7) is 0.576. The largest absolute Gasteiger partial charge is 0.380 e. The van der Waals surface area contributed by atoms with Crippen molar-refractivity contribution in [3.63, 3.8) is 0 Å². The molecule has 0 spiro atoms. The molecule has 22 heavy (non-hydrogen) atoms. The Morgan fingerprint density at radius 3 is 2.91 bits per heavy atom. The Labute approximate surface area is 132 Å². The summed E-state index contributed by atoms with van der Waals surface area (Å²) >= 11 is 5.89. The van der Waals surface area contributed by atoms with E-state index in [0.717, 1.165) is 17.1 Å². The van der Waals surface area contributed by atoms with Crippen molar-refractivity contribution in [1.29, 1.82) is 5.26 Å². The zero-order valence-electron chi connectivity index (χ0n) is 11.6. The van der Waals surface area contributed by atoms with Gasteiger partial charge in [-0.2, -0.15) is 10.4 Å². The molecule has 0 bridgehead atoms. The van der Waals surface area contributed by atoms with Crippen LogP contribution in [0.25, 0.3) is 5.82 Å². The van der Waals surface area contributed by atoms with Crippen molar-refractivity contribution in [2.24, 2.45) is 0 Å². The lowest BCUT2D eigenvalue weighted by Crippen LogP contribution is -2.04. The molecule has 6 heteroatoms. The van der Waals surface area contributed by atoms with E-state index in [2.05, 4.69) is 21.5 Å². The van der Waals surface area contributed by atoms with Gasteiger partial charge in [0.2, 0.25) is 0 Å². The van der Waals surface area contributed by atoms with Crippen molar-refractivity contribution in [2.75, 3.05) is 5.32 Å². The molecule has 5 nitrogen and oxygen atoms in total. The Morgan fingerprint density at radius 2 is 2.14 bits per heavy atom. The molecule has 0 aliphatic heterocycles. The lowest BCUT2D eigenvalue weighted by atomic mass is 10.2. The Bertz CT molecular complexity index is 821. The third kappa shape index (κ3) is 3.08. The molecule has 1 aromatic carbocycles. The molecule has 0 saturated heterocycles. The van der Waals surface area contributed by atoms with E-state index in [9.17, 15) is 0 Å². The summed E-state index contributed by atoms with van der Waals surface area (Å²) < 4.78 is 1.70. The molecule has 0 aliphatic rings. The van der Waals surface area contributed by atoms with Gasteiger partial charge in [-0.15, -0.1) is 0 Å². The fourth-order valence-electron chi connectivity index (χ4n) is 2.06. The van der Waals surface area contributed by atoms with Crippen LogP contribution in [-0.4, -0.2) is 14.8 Å². The van der Waals surface area contributed by atoms with Crippen LogP contribution in [0, 0.1) is 11.3 Å². The van der Waals surface area contributed by atoms with Gasteiger partial charge in [0, 0.05) is 30.2 Å². The number of benzene rings is 1. The minimum atomic E-state index is 0.522. The lowest BCUT2D eigenvalue weighted by molar-refractivity contribution is 0.843. The fraction of sp³-hybridized carbons (Fsp3) is 0.0625. The first-order valence-corrected chi connectivity index (χ1v) is 7.02. The van der Waals surface area contributed by atoms with Gasteiger partial charge >= 0.3 is 0 Å². The van der Waals surface area contributed by atoms with Crippen LogP contribution in [0.5, 0.6) is 0 Å². The van der Waals surface area contributed by atoms with Gasteiger partial charge in [-0.1, -0.05) is 11.6 Å². The van der Waals surface area contributed by atoms with Crippen molar-refractivity contribution in [3.8, 4) is 11.9 Å². The van der Waals surface area contributed by atoms with Crippen LogP contribution in [0.15, 0.2) is 55.0 Å². The van der Waals surface area contributed by atoms with Crippen LogP contribution in [0.4, 0.5) is 5.69 Å². The van der Waals surface area contributed by atoms with Crippen LogP contribution in [0.3, 0.4) is 0 Å². The van der Waals surface area contributed by atoms with Crippen molar-refractivity contribution in [2.45, 2.75) is 6.54 Å². The van der Waals surface area contributed by atoms with Gasteiger partial charge < -0.3 is 5.32 Å². The molecule has 0 atom stereocenters. The minimum Gasteiger partial charge on any atom is -0.380 e. The quantitative estimate of drug-likeness (QED) is 0.802. The zero-order valence-corrected chi connectivity index (χ0v) is 12.3. The number of halogens is 1. The molecule has 108 valence electrons. The predicted molar refractivity (Wildman–Crippen MR) is 84.9 cm³/mol. The van der Waals surface area contributed by atoms with E-state index in [1.54, 1.807) is 35.3 Å². The Balaban J connectivity index is 1.78. The molecule has 0 unspecified atom stereocenters. The van der Waals surface area contributed by atoms with E-state index in [1.807, 2.05) is 24.4 Å². The van der Waals surface area contributed by atoms with Crippen molar-refractivity contribution in [3.05, 3.63) is 71.1 Å². The van der Waals surface area contributed by atoms with Gasteiger partial charge in [-0.25, -0.2) is 9.67 Å². The molecular weight excluding hydrogens is 298 g/mol. The zero-order chi connectivity index (χ0) is 15.4. The monoisotopic (exact) mass is 309 g/mol. The summed E-state index contributed by atoms with van der Waals surface area (Å²) in [6.07, 6.45) is 5.28. The number of nitrogens with one attached hydrogen (secondary N) is 1. The summed E-state index contributed by atoms with van der Waals surface area (Å²) in [4.78, 5) is 4.29. The highest BCUT2D eigenvalue weighted by Crippen LogP contribution is 2.20. The highest BCUT2D eigenvalue weighted by atomic mass is 35.5. The molecule has 0 aliphatic carbocycles. The molecule has 0 saturated carbocycles. The third-order valence-corrected chi connectivity index (χ3v) is 3.37. The van der Waals surface area contributed by atoms with Crippen molar-refractivity contribution in [1.82, 2.24) is 14.8 Å². The van der Waals surface area contributed by atoms with Gasteiger partial charge in [-0.3, -0.25) is 0 Å². The maximum Gasteiger partial charge on any atom is 0.153 e. The Hall–Kier alpha value is -2.84. The molecule has 0 radical (unpaired) electrons. The number of nitrogens with zero attached hydrogens (tertiary/aromatic N) is 4. The van der Waals surface area contributed by atoms with E-state index in [0.29, 0.717) is 17.1 Å². The third-order valence-electron chi connectivity index (χ3n) is 3.13. The molecule has 2 aromatic heterocycles. The summed E-state index contributed by atoms with van der Waals surface area (Å²) in [5, 5.41) is 17.1. The van der Waals surface area contributed by atoms with Gasteiger partial charge in [-0.05, 0) is 42.0 Å².